The maximum Gasteiger partial charge on any atom is 0.321 e. The van der Waals surface area contributed by atoms with E-state index in [4.69, 9.17) is 0 Å². The Hall–Kier alpha value is -1.35. The summed E-state index contributed by atoms with van der Waals surface area (Å²) in [6.45, 7) is 5.99. The first-order valence-electron chi connectivity index (χ1n) is 6.61. The van der Waals surface area contributed by atoms with Crippen LogP contribution in [-0.4, -0.2) is 35.1 Å². The van der Waals surface area contributed by atoms with E-state index in [9.17, 15) is 9.90 Å². The SMILES string of the molecule is Cc1ccc(C[C@H](C(=O)O)N2CCCC2)cc1C. The maximum atomic E-state index is 11.4. The highest BCUT2D eigenvalue weighted by Crippen LogP contribution is 2.18. The van der Waals surface area contributed by atoms with Crippen LogP contribution in [0.3, 0.4) is 0 Å². The molecule has 0 saturated carbocycles. The van der Waals surface area contributed by atoms with Crippen LogP contribution in [0.2, 0.25) is 0 Å². The summed E-state index contributed by atoms with van der Waals surface area (Å²) in [5.74, 6) is -0.699. The van der Waals surface area contributed by atoms with E-state index in [2.05, 4.69) is 30.9 Å². The fourth-order valence-corrected chi connectivity index (χ4v) is 2.58. The highest BCUT2D eigenvalue weighted by Gasteiger charge is 2.27. The van der Waals surface area contributed by atoms with Crippen molar-refractivity contribution in [1.29, 1.82) is 0 Å². The number of aliphatic carboxylic acids is 1. The molecule has 0 spiro atoms. The average molecular weight is 247 g/mol. The molecule has 0 radical (unpaired) electrons. The van der Waals surface area contributed by atoms with Crippen molar-refractivity contribution in [1.82, 2.24) is 4.90 Å². The monoisotopic (exact) mass is 247 g/mol. The van der Waals surface area contributed by atoms with Crippen molar-refractivity contribution in [2.24, 2.45) is 0 Å². The molecule has 98 valence electrons. The third-order valence-corrected chi connectivity index (χ3v) is 3.87. The Morgan fingerprint density at radius 2 is 1.94 bits per heavy atom. The van der Waals surface area contributed by atoms with Gasteiger partial charge in [-0.3, -0.25) is 9.69 Å². The molecule has 18 heavy (non-hydrogen) atoms. The molecule has 1 aromatic rings. The number of likely N-dealkylation sites (tertiary alicyclic amines) is 1. The van der Waals surface area contributed by atoms with E-state index in [1.165, 1.54) is 11.1 Å². The second kappa shape index (κ2) is 5.53. The zero-order valence-electron chi connectivity index (χ0n) is 11.1. The van der Waals surface area contributed by atoms with Crippen LogP contribution in [0, 0.1) is 13.8 Å². The molecule has 1 heterocycles. The van der Waals surface area contributed by atoms with Crippen molar-refractivity contribution in [2.75, 3.05) is 13.1 Å². The molecule has 3 nitrogen and oxygen atoms in total. The fourth-order valence-electron chi connectivity index (χ4n) is 2.58. The molecule has 1 aromatic carbocycles. The van der Waals surface area contributed by atoms with Gasteiger partial charge in [-0.05, 0) is 62.9 Å². The van der Waals surface area contributed by atoms with Gasteiger partial charge in [-0.2, -0.15) is 0 Å². The molecule has 0 aliphatic carbocycles. The lowest BCUT2D eigenvalue weighted by Gasteiger charge is -2.23. The van der Waals surface area contributed by atoms with Gasteiger partial charge in [0, 0.05) is 0 Å². The highest BCUT2D eigenvalue weighted by molar-refractivity contribution is 5.74. The maximum absolute atomic E-state index is 11.4. The van der Waals surface area contributed by atoms with E-state index in [-0.39, 0.29) is 6.04 Å². The topological polar surface area (TPSA) is 40.5 Å². The van der Waals surface area contributed by atoms with E-state index in [1.807, 2.05) is 6.07 Å². The van der Waals surface area contributed by atoms with Crippen LogP contribution in [-0.2, 0) is 11.2 Å². The molecular weight excluding hydrogens is 226 g/mol. The predicted molar refractivity (Wildman–Crippen MR) is 71.9 cm³/mol. The summed E-state index contributed by atoms with van der Waals surface area (Å²) >= 11 is 0. The number of rotatable bonds is 4. The van der Waals surface area contributed by atoms with E-state index in [0.717, 1.165) is 31.5 Å². The van der Waals surface area contributed by atoms with Gasteiger partial charge in [0.25, 0.3) is 0 Å². The van der Waals surface area contributed by atoms with E-state index < -0.39 is 5.97 Å². The number of hydrogen-bond donors (Lipinski definition) is 1. The number of carbonyl (C=O) groups is 1. The number of carboxylic acid groups (broad SMARTS) is 1. The van der Waals surface area contributed by atoms with Crippen LogP contribution >= 0.6 is 0 Å². The largest absolute Gasteiger partial charge is 0.480 e. The Bertz CT molecular complexity index is 436. The summed E-state index contributed by atoms with van der Waals surface area (Å²) in [6.07, 6.45) is 2.85. The smallest absolute Gasteiger partial charge is 0.321 e. The fraction of sp³-hybridized carbons (Fsp3) is 0.533. The number of nitrogens with zero attached hydrogens (tertiary/aromatic N) is 1. The molecule has 0 aromatic heterocycles. The van der Waals surface area contributed by atoms with Gasteiger partial charge in [0.1, 0.15) is 6.04 Å². The Morgan fingerprint density at radius 1 is 1.28 bits per heavy atom. The molecule has 2 rings (SSSR count). The van der Waals surface area contributed by atoms with E-state index in [0.29, 0.717) is 6.42 Å². The summed E-state index contributed by atoms with van der Waals surface area (Å²) in [5.41, 5.74) is 3.61. The van der Waals surface area contributed by atoms with Crippen LogP contribution in [0.15, 0.2) is 18.2 Å². The summed E-state index contributed by atoms with van der Waals surface area (Å²) in [7, 11) is 0. The van der Waals surface area contributed by atoms with Gasteiger partial charge >= 0.3 is 5.97 Å². The molecule has 3 heteroatoms. The van der Waals surface area contributed by atoms with Gasteiger partial charge in [-0.1, -0.05) is 18.2 Å². The molecule has 1 aliphatic heterocycles. The normalized spacial score (nSPS) is 17.9. The zero-order valence-corrected chi connectivity index (χ0v) is 11.1. The summed E-state index contributed by atoms with van der Waals surface area (Å²) < 4.78 is 0. The number of aryl methyl sites for hydroxylation is 2. The Balaban J connectivity index is 2.12. The standard InChI is InChI=1S/C15H21NO2/c1-11-5-6-13(9-12(11)2)10-14(15(17)18)16-7-3-4-8-16/h5-6,9,14H,3-4,7-8,10H2,1-2H3,(H,17,18)/t14-/m1/s1. The van der Waals surface area contributed by atoms with Gasteiger partial charge in [-0.25, -0.2) is 0 Å². The summed E-state index contributed by atoms with van der Waals surface area (Å²) in [4.78, 5) is 13.5. The Labute approximate surface area is 108 Å². The van der Waals surface area contributed by atoms with Crippen LogP contribution in [0.4, 0.5) is 0 Å². The van der Waals surface area contributed by atoms with Crippen LogP contribution in [0.25, 0.3) is 0 Å². The first kappa shape index (κ1) is 13.1. The number of benzene rings is 1. The second-order valence-corrected chi connectivity index (χ2v) is 5.22. The molecule has 0 bridgehead atoms. The molecule has 1 aliphatic rings. The van der Waals surface area contributed by atoms with Gasteiger partial charge in [-0.15, -0.1) is 0 Å². The molecule has 1 atom stereocenters. The van der Waals surface area contributed by atoms with Gasteiger partial charge in [0.15, 0.2) is 0 Å². The van der Waals surface area contributed by atoms with Crippen molar-refractivity contribution in [3.8, 4) is 0 Å². The zero-order chi connectivity index (χ0) is 13.1. The highest BCUT2D eigenvalue weighted by atomic mass is 16.4. The lowest BCUT2D eigenvalue weighted by atomic mass is 10.0. The van der Waals surface area contributed by atoms with Crippen molar-refractivity contribution in [3.05, 3.63) is 34.9 Å². The third-order valence-electron chi connectivity index (χ3n) is 3.87. The lowest BCUT2D eigenvalue weighted by Crippen LogP contribution is -2.40. The van der Waals surface area contributed by atoms with E-state index in [1.54, 1.807) is 0 Å². The minimum absolute atomic E-state index is 0.366. The van der Waals surface area contributed by atoms with Gasteiger partial charge < -0.3 is 5.11 Å². The lowest BCUT2D eigenvalue weighted by molar-refractivity contribution is -0.142. The van der Waals surface area contributed by atoms with Crippen LogP contribution in [0.5, 0.6) is 0 Å². The number of carboxylic acids is 1. The second-order valence-electron chi connectivity index (χ2n) is 5.22. The van der Waals surface area contributed by atoms with Gasteiger partial charge in [0.2, 0.25) is 0 Å². The van der Waals surface area contributed by atoms with Crippen molar-refractivity contribution in [3.63, 3.8) is 0 Å². The first-order chi connectivity index (χ1) is 8.58. The predicted octanol–water partition coefficient (Wildman–Crippen LogP) is 2.39. The quantitative estimate of drug-likeness (QED) is 0.888. The van der Waals surface area contributed by atoms with Crippen molar-refractivity contribution < 1.29 is 9.90 Å². The van der Waals surface area contributed by atoms with Gasteiger partial charge in [0.05, 0.1) is 0 Å². The van der Waals surface area contributed by atoms with Crippen LogP contribution in [0.1, 0.15) is 29.5 Å². The molecule has 1 saturated heterocycles. The summed E-state index contributed by atoms with van der Waals surface area (Å²) in [6, 6.07) is 5.87. The molecule has 1 fully saturated rings. The van der Waals surface area contributed by atoms with E-state index >= 15 is 0 Å². The van der Waals surface area contributed by atoms with Crippen LogP contribution < -0.4 is 0 Å². The summed E-state index contributed by atoms with van der Waals surface area (Å²) in [5, 5.41) is 9.38. The van der Waals surface area contributed by atoms with Crippen molar-refractivity contribution >= 4 is 5.97 Å². The van der Waals surface area contributed by atoms with Crippen molar-refractivity contribution in [2.45, 2.75) is 39.2 Å². The molecule has 0 unspecified atom stereocenters. The Morgan fingerprint density at radius 3 is 2.50 bits per heavy atom. The third kappa shape index (κ3) is 2.91. The number of hydrogen-bond acceptors (Lipinski definition) is 2. The Kier molecular flexibility index (Phi) is 4.02. The molecule has 1 N–H and O–H groups in total. The first-order valence-corrected chi connectivity index (χ1v) is 6.61. The molecule has 0 amide bonds. The average Bonchev–Trinajstić information content (AvgIpc) is 2.83. The minimum Gasteiger partial charge on any atom is -0.480 e. The molecular formula is C15H21NO2. The minimum atomic E-state index is -0.699.